The van der Waals surface area contributed by atoms with Gasteiger partial charge in [-0.05, 0) is 0 Å². The van der Waals surface area contributed by atoms with Crippen LogP contribution in [0.4, 0.5) is 4.39 Å². The average Bonchev–Trinajstić information content (AvgIpc) is 3.27. The zero-order chi connectivity index (χ0) is 26.8. The normalized spacial score (nSPS) is 11.9. The van der Waals surface area contributed by atoms with E-state index in [1.54, 1.807) is 6.07 Å². The quantitative estimate of drug-likeness (QED) is 0.164. The fourth-order valence-electron chi connectivity index (χ4n) is 5.55. The number of aromatic nitrogens is 1. The Morgan fingerprint density at radius 1 is 0.842 bits per heavy atom. The molecule has 5 heteroatoms. The maximum absolute atomic E-state index is 15.4. The summed E-state index contributed by atoms with van der Waals surface area (Å²) in [5.74, 6) is 6.45. The van der Waals surface area contributed by atoms with Gasteiger partial charge in [0.2, 0.25) is 0 Å². The fraction of sp³-hybridized carbons (Fsp3) is 0.152. The molecule has 0 unspecified atom stereocenters. The molecule has 2 heterocycles. The van der Waals surface area contributed by atoms with Gasteiger partial charge in [-0.1, -0.05) is 24.3 Å². The van der Waals surface area contributed by atoms with Crippen molar-refractivity contribution in [2.75, 3.05) is 0 Å². The maximum atomic E-state index is 15.4. The second-order valence-electron chi connectivity index (χ2n) is 11.0. The Hall–Kier alpha value is -3.95. The number of hydrogen-bond acceptors (Lipinski definition) is 2. The third-order valence-electron chi connectivity index (χ3n) is 7.49. The van der Waals surface area contributed by atoms with E-state index in [-0.39, 0.29) is 5.82 Å². The third-order valence-corrected chi connectivity index (χ3v) is 11.6. The molecule has 0 N–H and O–H groups in total. The number of nitriles is 1. The van der Waals surface area contributed by atoms with Crippen molar-refractivity contribution >= 4 is 50.4 Å². The third kappa shape index (κ3) is 3.73. The summed E-state index contributed by atoms with van der Waals surface area (Å²) >= 11 is -2.39. The summed E-state index contributed by atoms with van der Waals surface area (Å²) in [6, 6.07) is 26.3. The van der Waals surface area contributed by atoms with Gasteiger partial charge in [-0.25, -0.2) is 0 Å². The van der Waals surface area contributed by atoms with E-state index >= 15 is 4.39 Å². The van der Waals surface area contributed by atoms with Gasteiger partial charge in [0.25, 0.3) is 0 Å². The molecule has 0 amide bonds. The first-order valence-corrected chi connectivity index (χ1v) is 20.1. The van der Waals surface area contributed by atoms with Crippen molar-refractivity contribution < 1.29 is 13.4 Å². The molecule has 2 aromatic heterocycles. The van der Waals surface area contributed by atoms with Crippen LogP contribution < -0.4 is 8.96 Å². The molecule has 0 bridgehead atoms. The topological polar surface area (TPSA) is 40.8 Å². The molecule has 0 atom stereocenters. The van der Waals surface area contributed by atoms with Crippen molar-refractivity contribution in [2.24, 2.45) is 7.05 Å². The molecular weight excluding hydrogens is 532 g/mol. The van der Waals surface area contributed by atoms with Gasteiger partial charge < -0.3 is 0 Å². The van der Waals surface area contributed by atoms with Crippen LogP contribution in [-0.4, -0.2) is 13.3 Å². The Bertz CT molecular complexity index is 1950. The molecule has 0 aliphatic carbocycles. The Kier molecular flexibility index (Phi) is 5.66. The molecule has 0 spiro atoms. The van der Waals surface area contributed by atoms with Gasteiger partial charge in [-0.3, -0.25) is 0 Å². The predicted molar refractivity (Wildman–Crippen MR) is 156 cm³/mol. The molecule has 38 heavy (non-hydrogen) atoms. The van der Waals surface area contributed by atoms with E-state index in [1.165, 1.54) is 0 Å². The van der Waals surface area contributed by atoms with Crippen molar-refractivity contribution in [3.8, 4) is 28.5 Å². The summed E-state index contributed by atoms with van der Waals surface area (Å²) in [6.07, 6.45) is 1.96. The Labute approximate surface area is 224 Å². The number of aryl methyl sites for hydroxylation is 2. The zero-order valence-electron chi connectivity index (χ0n) is 22.2. The number of furan rings is 1. The van der Waals surface area contributed by atoms with Crippen molar-refractivity contribution in [1.29, 1.82) is 5.26 Å². The van der Waals surface area contributed by atoms with Crippen molar-refractivity contribution in [1.82, 2.24) is 0 Å². The number of hydrogen-bond donors (Lipinski definition) is 0. The first kappa shape index (κ1) is 24.4. The van der Waals surface area contributed by atoms with Gasteiger partial charge in [-0.2, -0.15) is 0 Å². The van der Waals surface area contributed by atoms with Crippen molar-refractivity contribution in [3.05, 3.63) is 95.9 Å². The summed E-state index contributed by atoms with van der Waals surface area (Å²) in [5.41, 5.74) is 6.33. The molecular formula is C33H28FGeN2O+. The number of nitrogens with zero attached hydrogens (tertiary/aromatic N) is 2. The SMILES string of the molecule is Cc1ccc2c(oc3c(-c4cccc5ccccc45)c(C#N)ccc32)c1-c1cc(F)[c]([Ge]([CH3])([CH3])[CH3])c[n+]1C. The Balaban J connectivity index is 1.71. The molecule has 3 nitrogen and oxygen atoms in total. The minimum absolute atomic E-state index is 0.152. The summed E-state index contributed by atoms with van der Waals surface area (Å²) in [7, 11) is 1.97. The van der Waals surface area contributed by atoms with Crippen LogP contribution in [0.1, 0.15) is 11.1 Å². The van der Waals surface area contributed by atoms with E-state index < -0.39 is 13.3 Å². The first-order valence-electron chi connectivity index (χ1n) is 12.8. The Morgan fingerprint density at radius 3 is 2.26 bits per heavy atom. The zero-order valence-corrected chi connectivity index (χ0v) is 24.3. The minimum atomic E-state index is -2.39. The van der Waals surface area contributed by atoms with E-state index in [0.29, 0.717) is 16.7 Å². The number of fused-ring (bicyclic) bond motifs is 4. The molecule has 6 rings (SSSR count). The van der Waals surface area contributed by atoms with Gasteiger partial charge in [0.15, 0.2) is 0 Å². The van der Waals surface area contributed by atoms with E-state index in [0.717, 1.165) is 53.9 Å². The molecule has 4 aromatic carbocycles. The number of halogens is 1. The summed E-state index contributed by atoms with van der Waals surface area (Å²) in [5, 5.41) is 14.1. The molecule has 0 saturated heterocycles. The monoisotopic (exact) mass is 561 g/mol. The second kappa shape index (κ2) is 8.82. The van der Waals surface area contributed by atoms with Crippen molar-refractivity contribution in [3.63, 3.8) is 0 Å². The molecule has 0 fully saturated rings. The molecule has 6 aromatic rings. The summed E-state index contributed by atoms with van der Waals surface area (Å²) in [4.78, 5) is 0. The van der Waals surface area contributed by atoms with Crippen LogP contribution >= 0.6 is 0 Å². The van der Waals surface area contributed by atoms with E-state index in [9.17, 15) is 5.26 Å². The van der Waals surface area contributed by atoms with E-state index in [2.05, 4.69) is 53.7 Å². The fourth-order valence-corrected chi connectivity index (χ4v) is 8.42. The van der Waals surface area contributed by atoms with Crippen LogP contribution in [0.5, 0.6) is 0 Å². The summed E-state index contributed by atoms with van der Waals surface area (Å²) < 4.78 is 25.0. The molecule has 0 aliphatic rings. The van der Waals surface area contributed by atoms with Crippen LogP contribution in [-0.2, 0) is 7.05 Å². The van der Waals surface area contributed by atoms with Gasteiger partial charge in [0.1, 0.15) is 0 Å². The average molecular weight is 560 g/mol. The molecule has 0 radical (unpaired) electrons. The van der Waals surface area contributed by atoms with Crippen LogP contribution in [0.2, 0.25) is 17.3 Å². The molecule has 0 aliphatic heterocycles. The first-order chi connectivity index (χ1) is 18.2. The number of pyridine rings is 1. The van der Waals surface area contributed by atoms with E-state index in [1.807, 2.05) is 61.1 Å². The molecule has 0 saturated carbocycles. The standard InChI is InChI=1S/C33H28FGeN2O/c1-20-13-15-25-26-16-14-22(18-36)31(24-12-8-10-21-9-6-7-11-23(21)24)33(26)38-32(25)30(20)29-17-27(34)28(19-37(29)5)35(2,3)4/h6-17,19H,1-5H3/q+1. The van der Waals surface area contributed by atoms with Gasteiger partial charge in [0, 0.05) is 0 Å². The Morgan fingerprint density at radius 2 is 1.53 bits per heavy atom. The molecule has 186 valence electrons. The van der Waals surface area contributed by atoms with Gasteiger partial charge >= 0.3 is 200 Å². The predicted octanol–water partition coefficient (Wildman–Crippen LogP) is 7.76. The van der Waals surface area contributed by atoms with Crippen molar-refractivity contribution in [2.45, 2.75) is 24.2 Å². The number of benzene rings is 4. The second-order valence-corrected chi connectivity index (χ2v) is 21.6. The van der Waals surface area contributed by atoms with Gasteiger partial charge in [-0.15, -0.1) is 0 Å². The summed E-state index contributed by atoms with van der Waals surface area (Å²) in [6.45, 7) is 2.03. The van der Waals surface area contributed by atoms with Crippen LogP contribution in [0.3, 0.4) is 0 Å². The number of rotatable bonds is 3. The van der Waals surface area contributed by atoms with E-state index in [4.69, 9.17) is 4.42 Å². The van der Waals surface area contributed by atoms with Crippen LogP contribution in [0, 0.1) is 24.1 Å². The van der Waals surface area contributed by atoms with Gasteiger partial charge in [0.05, 0.1) is 0 Å². The van der Waals surface area contributed by atoms with Crippen LogP contribution in [0.15, 0.2) is 83.4 Å². The van der Waals surface area contributed by atoms with Crippen LogP contribution in [0.25, 0.3) is 55.1 Å².